The molecule has 2 aromatic heterocycles. The average Bonchev–Trinajstić information content (AvgIpc) is 3.67. The molecule has 54 heavy (non-hydrogen) atoms. The summed E-state index contributed by atoms with van der Waals surface area (Å²) in [6.07, 6.45) is 1.83. The highest BCUT2D eigenvalue weighted by Gasteiger charge is 2.30. The van der Waals surface area contributed by atoms with Crippen molar-refractivity contribution in [2.75, 3.05) is 16.5 Å². The summed E-state index contributed by atoms with van der Waals surface area (Å²) in [7, 11) is 0. The van der Waals surface area contributed by atoms with Crippen molar-refractivity contribution in [3.05, 3.63) is 144 Å². The van der Waals surface area contributed by atoms with E-state index in [0.717, 1.165) is 39.2 Å². The van der Waals surface area contributed by atoms with Crippen molar-refractivity contribution in [2.24, 2.45) is 0 Å². The number of benzene rings is 5. The number of hydrogen-bond donors (Lipinski definition) is 0. The molecule has 0 spiro atoms. The van der Waals surface area contributed by atoms with Crippen LogP contribution in [0.4, 0.5) is 27.1 Å². The predicted octanol–water partition coefficient (Wildman–Crippen LogP) is 13.2. The maximum Gasteiger partial charge on any atom is 0.137 e. The molecule has 5 nitrogen and oxygen atoms in total. The summed E-state index contributed by atoms with van der Waals surface area (Å²) in [4.78, 5) is 9.53. The van der Waals surface area contributed by atoms with Gasteiger partial charge in [0.05, 0.1) is 22.4 Å². The topological polar surface area (TPSA) is 33.5 Å². The molecular weight excluding hydrogens is 668 g/mol. The van der Waals surface area contributed by atoms with Crippen LogP contribution in [-0.2, 0) is 16.2 Å². The van der Waals surface area contributed by atoms with E-state index in [1.165, 1.54) is 28.6 Å². The first-order valence-electron chi connectivity index (χ1n) is 18.8. The molecule has 8 rings (SSSR count). The molecule has 0 radical (unpaired) electrons. The fraction of sp³-hybridized carbons (Fsp3) is 0.271. The van der Waals surface area contributed by atoms with Crippen LogP contribution in [0.3, 0.4) is 0 Å². The Labute approximate surface area is 318 Å². The molecule has 1 aliphatic heterocycles. The first kappa shape index (κ1) is 35.4. The summed E-state index contributed by atoms with van der Waals surface area (Å²) < 4.78 is 24.1. The van der Waals surface area contributed by atoms with E-state index in [2.05, 4.69) is 133 Å². The summed E-state index contributed by atoms with van der Waals surface area (Å²) in [5, 5.41) is 1.38. The lowest BCUT2D eigenvalue weighted by molar-refractivity contribution is 0.483. The zero-order valence-electron chi connectivity index (χ0n) is 32.8. The molecule has 5 aromatic carbocycles. The van der Waals surface area contributed by atoms with Crippen molar-refractivity contribution in [1.29, 1.82) is 0 Å². The molecule has 0 fully saturated rings. The molecule has 3 heterocycles. The zero-order valence-corrected chi connectivity index (χ0v) is 32.8. The monoisotopic (exact) mass is 716 g/mol. The Morgan fingerprint density at radius 2 is 1.19 bits per heavy atom. The van der Waals surface area contributed by atoms with Gasteiger partial charge in [0.25, 0.3) is 0 Å². The minimum atomic E-state index is -0.260. The fourth-order valence-electron chi connectivity index (χ4n) is 7.46. The number of hydrogen-bond acceptors (Lipinski definition) is 4. The van der Waals surface area contributed by atoms with Gasteiger partial charge in [-0.25, -0.2) is 9.37 Å². The molecule has 0 amide bonds. The third kappa shape index (κ3) is 6.38. The number of anilines is 4. The number of nitrogens with zero attached hydrogens (tertiary/aromatic N) is 4. The standard InChI is InChI=1S/C48H49FN4O/c1-46(2,3)31-22-23-50-44(27-31)53-42-19-13-16-39(49)45(42)38-21-20-37(29-43(38)53)54-36-15-12-14-34(28-36)51-30-52(41-18-11-10-17-40(41)51)35-25-32(47(4,5)6)24-33(26-35)48(7,8)9/h10-29H,30H2,1-9H3. The highest BCUT2D eigenvalue weighted by atomic mass is 19.1. The van der Waals surface area contributed by atoms with Gasteiger partial charge in [-0.3, -0.25) is 4.57 Å². The van der Waals surface area contributed by atoms with Gasteiger partial charge >= 0.3 is 0 Å². The van der Waals surface area contributed by atoms with Crippen LogP contribution < -0.4 is 14.5 Å². The van der Waals surface area contributed by atoms with E-state index >= 15 is 4.39 Å². The van der Waals surface area contributed by atoms with Gasteiger partial charge in [0.15, 0.2) is 0 Å². The largest absolute Gasteiger partial charge is 0.457 e. The lowest BCUT2D eigenvalue weighted by Crippen LogP contribution is -2.25. The SMILES string of the molecule is CC(C)(C)c1cc(N2CN(c3cccc(Oc4ccc5c6c(F)cccc6n(-c6cc(C(C)(C)C)ccn6)c5c4)c3)c3ccccc32)cc(C(C)(C)C)c1. The van der Waals surface area contributed by atoms with Crippen LogP contribution in [-0.4, -0.2) is 16.2 Å². The summed E-state index contributed by atoms with van der Waals surface area (Å²) in [5.41, 5.74) is 9.90. The Kier molecular flexibility index (Phi) is 8.37. The first-order chi connectivity index (χ1) is 25.6. The Hall–Kier alpha value is -5.62. The Morgan fingerprint density at radius 1 is 0.556 bits per heavy atom. The van der Waals surface area contributed by atoms with Gasteiger partial charge in [0, 0.05) is 40.5 Å². The lowest BCUT2D eigenvalue weighted by atomic mass is 9.80. The maximum absolute atomic E-state index is 15.5. The normalized spacial score (nSPS) is 13.6. The number of aromatic nitrogens is 2. The number of para-hydroxylation sites is 2. The van der Waals surface area contributed by atoms with Gasteiger partial charge in [0.1, 0.15) is 29.8 Å². The number of rotatable bonds is 5. The fourth-order valence-corrected chi connectivity index (χ4v) is 7.46. The summed E-state index contributed by atoms with van der Waals surface area (Å²) >= 11 is 0. The van der Waals surface area contributed by atoms with Crippen molar-refractivity contribution in [1.82, 2.24) is 9.55 Å². The molecule has 0 bridgehead atoms. The molecule has 0 atom stereocenters. The molecule has 0 N–H and O–H groups in total. The zero-order chi connectivity index (χ0) is 38.2. The van der Waals surface area contributed by atoms with Crippen molar-refractivity contribution in [3.8, 4) is 17.3 Å². The highest BCUT2D eigenvalue weighted by Crippen LogP contribution is 2.46. The molecule has 6 heteroatoms. The Morgan fingerprint density at radius 3 is 1.85 bits per heavy atom. The number of pyridine rings is 1. The number of ether oxygens (including phenoxy) is 1. The highest BCUT2D eigenvalue weighted by molar-refractivity contribution is 6.09. The second-order valence-corrected chi connectivity index (χ2v) is 17.7. The minimum Gasteiger partial charge on any atom is -0.457 e. The number of halogens is 1. The third-order valence-corrected chi connectivity index (χ3v) is 10.6. The summed E-state index contributed by atoms with van der Waals surface area (Å²) in [6.45, 7) is 20.9. The molecule has 7 aromatic rings. The Bertz CT molecular complexity index is 2510. The van der Waals surface area contributed by atoms with Crippen molar-refractivity contribution in [3.63, 3.8) is 0 Å². The van der Waals surface area contributed by atoms with E-state index < -0.39 is 0 Å². The predicted molar refractivity (Wildman–Crippen MR) is 223 cm³/mol. The molecule has 0 saturated heterocycles. The van der Waals surface area contributed by atoms with Crippen LogP contribution in [0.2, 0.25) is 0 Å². The molecule has 0 unspecified atom stereocenters. The molecular formula is C48H49FN4O. The maximum atomic E-state index is 15.5. The van der Waals surface area contributed by atoms with Crippen LogP contribution >= 0.6 is 0 Å². The Balaban J connectivity index is 1.16. The second-order valence-electron chi connectivity index (χ2n) is 17.7. The van der Waals surface area contributed by atoms with Gasteiger partial charge in [-0.15, -0.1) is 0 Å². The second kappa shape index (κ2) is 12.8. The average molecular weight is 717 g/mol. The van der Waals surface area contributed by atoms with E-state index in [9.17, 15) is 0 Å². The van der Waals surface area contributed by atoms with Crippen LogP contribution in [0.25, 0.3) is 27.6 Å². The van der Waals surface area contributed by atoms with E-state index in [1.54, 1.807) is 6.07 Å². The van der Waals surface area contributed by atoms with Gasteiger partial charge < -0.3 is 14.5 Å². The van der Waals surface area contributed by atoms with E-state index in [-0.39, 0.29) is 22.1 Å². The molecule has 0 saturated carbocycles. The summed E-state index contributed by atoms with van der Waals surface area (Å²) in [5.74, 6) is 1.86. The lowest BCUT2D eigenvalue weighted by Gasteiger charge is -2.29. The first-order valence-corrected chi connectivity index (χ1v) is 18.8. The van der Waals surface area contributed by atoms with Gasteiger partial charge in [-0.05, 0) is 106 Å². The van der Waals surface area contributed by atoms with Crippen LogP contribution in [0.1, 0.15) is 79.0 Å². The van der Waals surface area contributed by atoms with Crippen LogP contribution in [0, 0.1) is 5.82 Å². The molecule has 1 aliphatic rings. The van der Waals surface area contributed by atoms with Crippen LogP contribution in [0.15, 0.2) is 121 Å². The van der Waals surface area contributed by atoms with Crippen LogP contribution in [0.5, 0.6) is 11.5 Å². The smallest absolute Gasteiger partial charge is 0.137 e. The van der Waals surface area contributed by atoms with Crippen molar-refractivity contribution >= 4 is 44.6 Å². The van der Waals surface area contributed by atoms with Gasteiger partial charge in [-0.1, -0.05) is 92.6 Å². The molecule has 0 aliphatic carbocycles. The van der Waals surface area contributed by atoms with Gasteiger partial charge in [-0.2, -0.15) is 0 Å². The molecule has 274 valence electrons. The number of fused-ring (bicyclic) bond motifs is 4. The minimum absolute atomic E-state index is 0.0130. The quantitative estimate of drug-likeness (QED) is 0.178. The van der Waals surface area contributed by atoms with E-state index in [4.69, 9.17) is 9.72 Å². The summed E-state index contributed by atoms with van der Waals surface area (Å²) in [6, 6.07) is 39.2. The van der Waals surface area contributed by atoms with Gasteiger partial charge in [0.2, 0.25) is 0 Å². The van der Waals surface area contributed by atoms with E-state index in [1.807, 2.05) is 53.2 Å². The third-order valence-electron chi connectivity index (χ3n) is 10.6. The van der Waals surface area contributed by atoms with Crippen molar-refractivity contribution < 1.29 is 9.13 Å². The van der Waals surface area contributed by atoms with Crippen molar-refractivity contribution in [2.45, 2.75) is 78.6 Å². The van der Waals surface area contributed by atoms with E-state index in [0.29, 0.717) is 23.6 Å².